The lowest BCUT2D eigenvalue weighted by Crippen LogP contribution is -2.03. The Morgan fingerprint density at radius 3 is 2.00 bits per heavy atom. The number of rotatable bonds is 7. The molecule has 0 fully saturated rings. The van der Waals surface area contributed by atoms with Crippen LogP contribution in [-0.2, 0) is 13.2 Å². The predicted octanol–water partition coefficient (Wildman–Crippen LogP) is 5.80. The molecule has 4 rings (SSSR count). The number of nitrogen functional groups attached to an aromatic ring is 1. The van der Waals surface area contributed by atoms with Gasteiger partial charge in [-0.1, -0.05) is 72.3 Å². The number of pyridine rings is 1. The van der Waals surface area contributed by atoms with Crippen molar-refractivity contribution in [3.63, 3.8) is 0 Å². The zero-order chi connectivity index (χ0) is 20.8. The zero-order valence-corrected chi connectivity index (χ0v) is 16.9. The Labute approximate surface area is 176 Å². The van der Waals surface area contributed by atoms with Gasteiger partial charge in [0.15, 0.2) is 0 Å². The van der Waals surface area contributed by atoms with E-state index in [2.05, 4.69) is 4.98 Å². The van der Waals surface area contributed by atoms with Crippen molar-refractivity contribution in [2.24, 2.45) is 0 Å². The summed E-state index contributed by atoms with van der Waals surface area (Å²) in [4.78, 5) is 4.65. The third-order valence-electron chi connectivity index (χ3n) is 4.78. The average molecular weight is 396 g/mol. The van der Waals surface area contributed by atoms with Crippen molar-refractivity contribution in [3.05, 3.63) is 108 Å². The summed E-state index contributed by atoms with van der Waals surface area (Å²) in [6.45, 7) is 2.89. The highest BCUT2D eigenvalue weighted by molar-refractivity contribution is 5.80. The summed E-state index contributed by atoms with van der Waals surface area (Å²) >= 11 is 0. The van der Waals surface area contributed by atoms with E-state index >= 15 is 0 Å². The topological polar surface area (TPSA) is 57.4 Å². The Hall–Kier alpha value is -3.79. The average Bonchev–Trinajstić information content (AvgIpc) is 2.79. The van der Waals surface area contributed by atoms with Gasteiger partial charge < -0.3 is 15.2 Å². The first-order chi connectivity index (χ1) is 14.7. The lowest BCUT2D eigenvalue weighted by molar-refractivity contribution is 0.268. The third kappa shape index (κ3) is 4.78. The minimum absolute atomic E-state index is 0.411. The molecule has 0 atom stereocenters. The fourth-order valence-corrected chi connectivity index (χ4v) is 3.18. The van der Waals surface area contributed by atoms with E-state index in [1.54, 1.807) is 0 Å². The number of aryl methyl sites for hydroxylation is 1. The largest absolute Gasteiger partial charge is 0.473 e. The lowest BCUT2D eigenvalue weighted by Gasteiger charge is -2.15. The van der Waals surface area contributed by atoms with Gasteiger partial charge in [-0.3, -0.25) is 0 Å². The van der Waals surface area contributed by atoms with Gasteiger partial charge in [-0.15, -0.1) is 0 Å². The molecule has 4 nitrogen and oxygen atoms in total. The van der Waals surface area contributed by atoms with Crippen LogP contribution in [0.1, 0.15) is 16.7 Å². The molecule has 0 radical (unpaired) electrons. The number of aromatic nitrogens is 1. The molecule has 0 aliphatic rings. The third-order valence-corrected chi connectivity index (χ3v) is 4.78. The second-order valence-electron chi connectivity index (χ2n) is 7.14. The fourth-order valence-electron chi connectivity index (χ4n) is 3.18. The molecule has 0 saturated heterocycles. The van der Waals surface area contributed by atoms with Crippen LogP contribution < -0.4 is 15.2 Å². The monoisotopic (exact) mass is 396 g/mol. The number of hydrogen-bond acceptors (Lipinski definition) is 4. The molecule has 0 unspecified atom stereocenters. The first-order valence-corrected chi connectivity index (χ1v) is 9.90. The van der Waals surface area contributed by atoms with Crippen LogP contribution >= 0.6 is 0 Å². The summed E-state index contributed by atoms with van der Waals surface area (Å²) in [6.07, 6.45) is 0. The Morgan fingerprint density at radius 2 is 1.33 bits per heavy atom. The minimum Gasteiger partial charge on any atom is -0.473 e. The summed E-state index contributed by atoms with van der Waals surface area (Å²) < 4.78 is 12.0. The van der Waals surface area contributed by atoms with E-state index in [0.29, 0.717) is 30.7 Å². The van der Waals surface area contributed by atoms with E-state index in [1.807, 2.05) is 97.9 Å². The number of nitrogens with two attached hydrogens (primary N) is 1. The maximum Gasteiger partial charge on any atom is 0.225 e. The molecule has 0 saturated carbocycles. The Bertz CT molecular complexity index is 1110. The Morgan fingerprint density at radius 1 is 0.700 bits per heavy atom. The van der Waals surface area contributed by atoms with Crippen LogP contribution in [0.4, 0.5) is 5.69 Å². The van der Waals surface area contributed by atoms with Crippen LogP contribution in [-0.4, -0.2) is 4.98 Å². The molecular weight excluding hydrogens is 372 g/mol. The molecule has 3 aromatic carbocycles. The summed E-state index contributed by atoms with van der Waals surface area (Å²) in [7, 11) is 0. The molecule has 30 heavy (non-hydrogen) atoms. The molecule has 0 aliphatic carbocycles. The molecule has 0 spiro atoms. The number of anilines is 1. The van der Waals surface area contributed by atoms with E-state index in [-0.39, 0.29) is 0 Å². The number of ether oxygens (including phenoxy) is 2. The summed E-state index contributed by atoms with van der Waals surface area (Å²) in [6, 6.07) is 29.8. The zero-order valence-electron chi connectivity index (χ0n) is 16.9. The second-order valence-corrected chi connectivity index (χ2v) is 7.14. The SMILES string of the molecule is Cc1ccc(N)c(-c2ccc(OCc3ccccc3)nc2OCc2ccccc2)c1. The van der Waals surface area contributed by atoms with Gasteiger partial charge in [0.1, 0.15) is 13.2 Å². The molecule has 0 bridgehead atoms. The van der Waals surface area contributed by atoms with Crippen molar-refractivity contribution in [3.8, 4) is 22.9 Å². The number of benzene rings is 3. The second kappa shape index (κ2) is 9.14. The lowest BCUT2D eigenvalue weighted by atomic mass is 10.0. The fraction of sp³-hybridized carbons (Fsp3) is 0.115. The maximum absolute atomic E-state index is 6.26. The van der Waals surface area contributed by atoms with Gasteiger partial charge in [0, 0.05) is 22.9 Å². The Balaban J connectivity index is 1.63. The summed E-state index contributed by atoms with van der Waals surface area (Å²) in [5, 5.41) is 0. The van der Waals surface area contributed by atoms with Crippen LogP contribution in [0.15, 0.2) is 91.0 Å². The highest BCUT2D eigenvalue weighted by atomic mass is 16.5. The quantitative estimate of drug-likeness (QED) is 0.401. The van der Waals surface area contributed by atoms with E-state index in [4.69, 9.17) is 15.2 Å². The van der Waals surface area contributed by atoms with Gasteiger partial charge in [-0.2, -0.15) is 4.98 Å². The molecule has 1 heterocycles. The van der Waals surface area contributed by atoms with Crippen molar-refractivity contribution in [2.75, 3.05) is 5.73 Å². The summed E-state index contributed by atoms with van der Waals surface area (Å²) in [5.74, 6) is 1.01. The standard InChI is InChI=1S/C26H24N2O2/c1-19-12-14-24(27)23(16-19)22-13-15-25(29-17-20-8-4-2-5-9-20)28-26(22)30-18-21-10-6-3-7-11-21/h2-16H,17-18,27H2,1H3. The van der Waals surface area contributed by atoms with Crippen molar-refractivity contribution < 1.29 is 9.47 Å². The highest BCUT2D eigenvalue weighted by Crippen LogP contribution is 2.35. The summed E-state index contributed by atoms with van der Waals surface area (Å²) in [5.41, 5.74) is 12.0. The van der Waals surface area contributed by atoms with Crippen LogP contribution in [0, 0.1) is 6.92 Å². The molecule has 4 heteroatoms. The van der Waals surface area contributed by atoms with Gasteiger partial charge >= 0.3 is 0 Å². The molecular formula is C26H24N2O2. The first kappa shape index (κ1) is 19.5. The van der Waals surface area contributed by atoms with Crippen LogP contribution in [0.25, 0.3) is 11.1 Å². The van der Waals surface area contributed by atoms with Gasteiger partial charge in [0.05, 0.1) is 0 Å². The first-order valence-electron chi connectivity index (χ1n) is 9.90. The van der Waals surface area contributed by atoms with Gasteiger partial charge in [-0.25, -0.2) is 0 Å². The predicted molar refractivity (Wildman–Crippen MR) is 120 cm³/mol. The van der Waals surface area contributed by atoms with Crippen molar-refractivity contribution in [1.29, 1.82) is 0 Å². The normalized spacial score (nSPS) is 10.6. The number of hydrogen-bond donors (Lipinski definition) is 1. The van der Waals surface area contributed by atoms with E-state index < -0.39 is 0 Å². The smallest absolute Gasteiger partial charge is 0.225 e. The van der Waals surface area contributed by atoms with Crippen molar-refractivity contribution >= 4 is 5.69 Å². The highest BCUT2D eigenvalue weighted by Gasteiger charge is 2.14. The van der Waals surface area contributed by atoms with E-state index in [1.165, 1.54) is 0 Å². The molecule has 0 aliphatic heterocycles. The maximum atomic E-state index is 6.26. The van der Waals surface area contributed by atoms with Crippen LogP contribution in [0.2, 0.25) is 0 Å². The molecule has 150 valence electrons. The van der Waals surface area contributed by atoms with Gasteiger partial charge in [0.2, 0.25) is 11.8 Å². The van der Waals surface area contributed by atoms with Crippen molar-refractivity contribution in [2.45, 2.75) is 20.1 Å². The molecule has 1 aromatic heterocycles. The Kier molecular flexibility index (Phi) is 5.95. The van der Waals surface area contributed by atoms with E-state index in [0.717, 1.165) is 27.8 Å². The van der Waals surface area contributed by atoms with Crippen LogP contribution in [0.5, 0.6) is 11.8 Å². The van der Waals surface area contributed by atoms with E-state index in [9.17, 15) is 0 Å². The van der Waals surface area contributed by atoms with Gasteiger partial charge in [0.25, 0.3) is 0 Å². The van der Waals surface area contributed by atoms with Gasteiger partial charge in [-0.05, 0) is 36.2 Å². The van der Waals surface area contributed by atoms with Crippen LogP contribution in [0.3, 0.4) is 0 Å². The molecule has 4 aromatic rings. The molecule has 2 N–H and O–H groups in total. The number of nitrogens with zero attached hydrogens (tertiary/aromatic N) is 1. The van der Waals surface area contributed by atoms with Crippen molar-refractivity contribution in [1.82, 2.24) is 4.98 Å². The molecule has 0 amide bonds. The minimum atomic E-state index is 0.411.